The predicted octanol–water partition coefficient (Wildman–Crippen LogP) is 3.80. The molecule has 1 aromatic rings. The van der Waals surface area contributed by atoms with Gasteiger partial charge in [0.15, 0.2) is 11.6 Å². The van der Waals surface area contributed by atoms with Gasteiger partial charge >= 0.3 is 0 Å². The number of nitrogens with one attached hydrogen (secondary N) is 1. The van der Waals surface area contributed by atoms with E-state index >= 15 is 0 Å². The largest absolute Gasteiger partial charge is 0.490 e. The van der Waals surface area contributed by atoms with Crippen LogP contribution in [0.2, 0.25) is 0 Å². The molecule has 3 nitrogen and oxygen atoms in total. The molecule has 1 fully saturated rings. The highest BCUT2D eigenvalue weighted by atomic mass is 19.1. The molecule has 0 spiro atoms. The van der Waals surface area contributed by atoms with E-state index in [4.69, 9.17) is 10.5 Å². The summed E-state index contributed by atoms with van der Waals surface area (Å²) < 4.78 is 19.1. The summed E-state index contributed by atoms with van der Waals surface area (Å²) in [5.74, 6) is -0.118. The Morgan fingerprint density at radius 2 is 2.11 bits per heavy atom. The Bertz CT molecular complexity index is 444. The molecule has 1 saturated carbocycles. The number of anilines is 2. The Morgan fingerprint density at radius 3 is 2.68 bits per heavy atom. The van der Waals surface area contributed by atoms with Gasteiger partial charge < -0.3 is 15.8 Å². The Morgan fingerprint density at radius 1 is 1.37 bits per heavy atom. The molecule has 0 aromatic heterocycles. The van der Waals surface area contributed by atoms with Gasteiger partial charge in [-0.05, 0) is 31.1 Å². The first kappa shape index (κ1) is 14.0. The molecule has 0 unspecified atom stereocenters. The van der Waals surface area contributed by atoms with Gasteiger partial charge in [-0.25, -0.2) is 4.39 Å². The van der Waals surface area contributed by atoms with E-state index in [0.29, 0.717) is 17.7 Å². The van der Waals surface area contributed by atoms with Crippen molar-refractivity contribution in [1.29, 1.82) is 0 Å². The molecule has 1 aliphatic rings. The van der Waals surface area contributed by atoms with E-state index in [-0.39, 0.29) is 5.75 Å². The molecule has 0 heterocycles. The molecule has 19 heavy (non-hydrogen) atoms. The predicted molar refractivity (Wildman–Crippen MR) is 77.0 cm³/mol. The number of nitrogen functional groups attached to an aromatic ring is 1. The zero-order valence-corrected chi connectivity index (χ0v) is 11.8. The number of halogens is 1. The van der Waals surface area contributed by atoms with Gasteiger partial charge in [-0.15, -0.1) is 0 Å². The van der Waals surface area contributed by atoms with Crippen LogP contribution in [0.5, 0.6) is 5.75 Å². The zero-order chi connectivity index (χ0) is 13.9. The van der Waals surface area contributed by atoms with Crippen molar-refractivity contribution in [3.05, 3.63) is 17.9 Å². The lowest BCUT2D eigenvalue weighted by molar-refractivity contribution is 0.301. The summed E-state index contributed by atoms with van der Waals surface area (Å²) in [6.45, 7) is 5.61. The van der Waals surface area contributed by atoms with Crippen molar-refractivity contribution < 1.29 is 9.13 Å². The molecule has 0 aliphatic heterocycles. The van der Waals surface area contributed by atoms with Crippen LogP contribution in [0.15, 0.2) is 12.1 Å². The SMILES string of the molecule is CCCOc1cc(NCC2(CC)CC2)c(N)cc1F. The van der Waals surface area contributed by atoms with E-state index in [0.717, 1.165) is 18.7 Å². The number of hydrogen-bond donors (Lipinski definition) is 2. The van der Waals surface area contributed by atoms with Crippen molar-refractivity contribution in [2.24, 2.45) is 5.41 Å². The fraction of sp³-hybridized carbons (Fsp3) is 0.600. The molecule has 0 atom stereocenters. The normalized spacial score (nSPS) is 16.2. The third-order valence-electron chi connectivity index (χ3n) is 3.93. The lowest BCUT2D eigenvalue weighted by Gasteiger charge is -2.17. The summed E-state index contributed by atoms with van der Waals surface area (Å²) in [6, 6.07) is 3.00. The van der Waals surface area contributed by atoms with Gasteiger partial charge in [0.1, 0.15) is 0 Å². The second kappa shape index (κ2) is 5.68. The number of ether oxygens (including phenoxy) is 1. The Kier molecular flexibility index (Phi) is 4.17. The monoisotopic (exact) mass is 266 g/mol. The maximum atomic E-state index is 13.7. The Hall–Kier alpha value is -1.45. The van der Waals surface area contributed by atoms with Crippen molar-refractivity contribution in [2.75, 3.05) is 24.2 Å². The molecule has 1 aromatic carbocycles. The number of hydrogen-bond acceptors (Lipinski definition) is 3. The molecule has 2 rings (SSSR count). The lowest BCUT2D eigenvalue weighted by Crippen LogP contribution is -2.15. The van der Waals surface area contributed by atoms with Crippen molar-refractivity contribution in [1.82, 2.24) is 0 Å². The van der Waals surface area contributed by atoms with Crippen LogP contribution < -0.4 is 15.8 Å². The van der Waals surface area contributed by atoms with Crippen molar-refractivity contribution in [3.63, 3.8) is 0 Å². The van der Waals surface area contributed by atoms with E-state index < -0.39 is 5.82 Å². The summed E-state index contributed by atoms with van der Waals surface area (Å²) in [4.78, 5) is 0. The van der Waals surface area contributed by atoms with Crippen LogP contribution in [-0.2, 0) is 0 Å². The van der Waals surface area contributed by atoms with Crippen LogP contribution in [0.3, 0.4) is 0 Å². The highest BCUT2D eigenvalue weighted by molar-refractivity contribution is 5.68. The van der Waals surface area contributed by atoms with E-state index in [9.17, 15) is 4.39 Å². The number of benzene rings is 1. The number of nitrogens with two attached hydrogens (primary N) is 1. The Balaban J connectivity index is 2.06. The summed E-state index contributed by atoms with van der Waals surface area (Å²) in [7, 11) is 0. The van der Waals surface area contributed by atoms with Crippen LogP contribution in [0.1, 0.15) is 39.5 Å². The molecule has 0 amide bonds. The second-order valence-electron chi connectivity index (χ2n) is 5.43. The highest BCUT2D eigenvalue weighted by Crippen LogP contribution is 2.48. The van der Waals surface area contributed by atoms with Crippen LogP contribution in [-0.4, -0.2) is 13.2 Å². The summed E-state index contributed by atoms with van der Waals surface area (Å²) in [5, 5.41) is 3.34. The maximum Gasteiger partial charge on any atom is 0.167 e. The highest BCUT2D eigenvalue weighted by Gasteiger charge is 2.40. The van der Waals surface area contributed by atoms with Gasteiger partial charge in [0.05, 0.1) is 18.0 Å². The standard InChI is InChI=1S/C15H23FN2O/c1-3-7-19-14-9-13(12(17)8-11(14)16)18-10-15(4-2)5-6-15/h8-9,18H,3-7,10,17H2,1-2H3. The fourth-order valence-corrected chi connectivity index (χ4v) is 2.16. The van der Waals surface area contributed by atoms with E-state index in [1.54, 1.807) is 6.07 Å². The molecule has 0 bridgehead atoms. The minimum absolute atomic E-state index is 0.278. The van der Waals surface area contributed by atoms with E-state index in [1.165, 1.54) is 25.3 Å². The first-order valence-corrected chi connectivity index (χ1v) is 7.06. The van der Waals surface area contributed by atoms with Gasteiger partial charge in [0.25, 0.3) is 0 Å². The summed E-state index contributed by atoms with van der Waals surface area (Å²) in [6.07, 6.45) is 4.54. The molecule has 0 saturated heterocycles. The average Bonchev–Trinajstić information content (AvgIpc) is 3.17. The second-order valence-corrected chi connectivity index (χ2v) is 5.43. The van der Waals surface area contributed by atoms with Crippen molar-refractivity contribution in [2.45, 2.75) is 39.5 Å². The first-order valence-electron chi connectivity index (χ1n) is 7.06. The minimum Gasteiger partial charge on any atom is -0.490 e. The lowest BCUT2D eigenvalue weighted by atomic mass is 10.0. The van der Waals surface area contributed by atoms with Gasteiger partial charge in [0, 0.05) is 18.7 Å². The fourth-order valence-electron chi connectivity index (χ4n) is 2.16. The smallest absolute Gasteiger partial charge is 0.167 e. The Labute approximate surface area is 114 Å². The van der Waals surface area contributed by atoms with Crippen LogP contribution in [0.25, 0.3) is 0 Å². The quantitative estimate of drug-likeness (QED) is 0.738. The molecule has 0 radical (unpaired) electrons. The van der Waals surface area contributed by atoms with Gasteiger partial charge in [-0.2, -0.15) is 0 Å². The van der Waals surface area contributed by atoms with Crippen LogP contribution >= 0.6 is 0 Å². The third kappa shape index (κ3) is 3.31. The zero-order valence-electron chi connectivity index (χ0n) is 11.8. The van der Waals surface area contributed by atoms with E-state index in [2.05, 4.69) is 12.2 Å². The molecule has 4 heteroatoms. The third-order valence-corrected chi connectivity index (χ3v) is 3.93. The summed E-state index contributed by atoms with van der Waals surface area (Å²) in [5.41, 5.74) is 7.48. The average molecular weight is 266 g/mol. The summed E-state index contributed by atoms with van der Waals surface area (Å²) >= 11 is 0. The molecular formula is C15H23FN2O. The maximum absolute atomic E-state index is 13.7. The van der Waals surface area contributed by atoms with Crippen LogP contribution in [0, 0.1) is 11.2 Å². The molecule has 3 N–H and O–H groups in total. The molecule has 1 aliphatic carbocycles. The van der Waals surface area contributed by atoms with Gasteiger partial charge in [0.2, 0.25) is 0 Å². The van der Waals surface area contributed by atoms with E-state index in [1.807, 2.05) is 6.92 Å². The minimum atomic E-state index is -0.395. The molecule has 106 valence electrons. The van der Waals surface area contributed by atoms with Crippen LogP contribution in [0.4, 0.5) is 15.8 Å². The van der Waals surface area contributed by atoms with Crippen molar-refractivity contribution >= 4 is 11.4 Å². The van der Waals surface area contributed by atoms with Gasteiger partial charge in [-0.3, -0.25) is 0 Å². The topological polar surface area (TPSA) is 47.3 Å². The molecular weight excluding hydrogens is 243 g/mol. The van der Waals surface area contributed by atoms with Gasteiger partial charge in [-0.1, -0.05) is 13.8 Å². The number of rotatable bonds is 7. The van der Waals surface area contributed by atoms with Crippen molar-refractivity contribution in [3.8, 4) is 5.75 Å². The first-order chi connectivity index (χ1) is 9.10.